The molecule has 19 heavy (non-hydrogen) atoms. The molecular formula is C13H17ClN2O3. The molecule has 0 saturated heterocycles. The number of halogens is 1. The van der Waals surface area contributed by atoms with Crippen LogP contribution in [0.4, 0.5) is 5.69 Å². The van der Waals surface area contributed by atoms with Gasteiger partial charge in [0.05, 0.1) is 5.41 Å². The fourth-order valence-corrected chi connectivity index (χ4v) is 1.70. The van der Waals surface area contributed by atoms with Crippen LogP contribution in [0.5, 0.6) is 0 Å². The molecule has 1 aromatic rings. The van der Waals surface area contributed by atoms with E-state index in [9.17, 15) is 9.59 Å². The number of rotatable bonds is 5. The number of nitrogens with zero attached hydrogens (tertiary/aromatic N) is 1. The molecule has 104 valence electrons. The van der Waals surface area contributed by atoms with E-state index in [1.54, 1.807) is 38.1 Å². The monoisotopic (exact) mass is 284 g/mol. The lowest BCUT2D eigenvalue weighted by atomic mass is 9.91. The van der Waals surface area contributed by atoms with Crippen molar-refractivity contribution in [2.45, 2.75) is 13.8 Å². The van der Waals surface area contributed by atoms with E-state index in [0.717, 1.165) is 0 Å². The summed E-state index contributed by atoms with van der Waals surface area (Å²) in [6.07, 6.45) is 0. The van der Waals surface area contributed by atoms with Gasteiger partial charge in [-0.2, -0.15) is 0 Å². The summed E-state index contributed by atoms with van der Waals surface area (Å²) >= 11 is 5.87. The number of amides is 1. The van der Waals surface area contributed by atoms with Gasteiger partial charge in [-0.15, -0.1) is 0 Å². The number of anilines is 1. The molecule has 0 unspecified atom stereocenters. The normalized spacial score (nSPS) is 11.2. The molecule has 0 fully saturated rings. The van der Waals surface area contributed by atoms with E-state index in [1.165, 1.54) is 4.90 Å². The van der Waals surface area contributed by atoms with E-state index in [0.29, 0.717) is 10.7 Å². The van der Waals surface area contributed by atoms with Gasteiger partial charge in [0.25, 0.3) is 0 Å². The predicted octanol–water partition coefficient (Wildman–Crippen LogP) is 1.74. The first kappa shape index (κ1) is 15.5. The maximum absolute atomic E-state index is 12.4. The van der Waals surface area contributed by atoms with Gasteiger partial charge in [-0.1, -0.05) is 17.7 Å². The van der Waals surface area contributed by atoms with Crippen molar-refractivity contribution in [2.24, 2.45) is 11.1 Å². The van der Waals surface area contributed by atoms with Gasteiger partial charge in [-0.3, -0.25) is 9.59 Å². The molecule has 0 radical (unpaired) electrons. The summed E-state index contributed by atoms with van der Waals surface area (Å²) in [4.78, 5) is 24.5. The number of hydrogen-bond acceptors (Lipinski definition) is 3. The van der Waals surface area contributed by atoms with Gasteiger partial charge < -0.3 is 15.7 Å². The first-order valence-corrected chi connectivity index (χ1v) is 6.15. The number of benzene rings is 1. The fraction of sp³-hybridized carbons (Fsp3) is 0.385. The molecule has 0 bridgehead atoms. The first-order chi connectivity index (χ1) is 8.77. The summed E-state index contributed by atoms with van der Waals surface area (Å²) in [7, 11) is 0. The average molecular weight is 285 g/mol. The summed E-state index contributed by atoms with van der Waals surface area (Å²) in [5, 5.41) is 9.38. The second-order valence-corrected chi connectivity index (χ2v) is 5.29. The van der Waals surface area contributed by atoms with Crippen molar-refractivity contribution in [2.75, 3.05) is 18.0 Å². The van der Waals surface area contributed by atoms with Crippen LogP contribution in [0, 0.1) is 5.41 Å². The van der Waals surface area contributed by atoms with E-state index in [4.69, 9.17) is 22.4 Å². The Hall–Kier alpha value is -1.59. The summed E-state index contributed by atoms with van der Waals surface area (Å²) in [5.41, 5.74) is 5.17. The second kappa shape index (κ2) is 6.04. The molecule has 0 aromatic heterocycles. The third-order valence-corrected chi connectivity index (χ3v) is 2.98. The minimum absolute atomic E-state index is 0.127. The van der Waals surface area contributed by atoms with Crippen LogP contribution < -0.4 is 10.6 Å². The third kappa shape index (κ3) is 3.94. The molecule has 0 heterocycles. The molecule has 0 aliphatic heterocycles. The Balaban J connectivity index is 3.15. The number of carbonyl (C=O) groups is 2. The van der Waals surface area contributed by atoms with Gasteiger partial charge in [0.15, 0.2) is 0 Å². The van der Waals surface area contributed by atoms with E-state index >= 15 is 0 Å². The number of aliphatic carboxylic acids is 1. The minimum Gasteiger partial charge on any atom is -0.480 e. The highest BCUT2D eigenvalue weighted by Crippen LogP contribution is 2.25. The summed E-state index contributed by atoms with van der Waals surface area (Å²) in [6.45, 7) is 3.05. The SMILES string of the molecule is CC(C)(CN)C(=O)N(CC(=O)O)c1cccc(Cl)c1. The molecule has 0 aliphatic carbocycles. The van der Waals surface area contributed by atoms with Crippen LogP contribution in [0.2, 0.25) is 5.02 Å². The highest BCUT2D eigenvalue weighted by atomic mass is 35.5. The molecular weight excluding hydrogens is 268 g/mol. The number of hydrogen-bond donors (Lipinski definition) is 2. The number of carboxylic acids is 1. The van der Waals surface area contributed by atoms with Gasteiger partial charge in [0, 0.05) is 17.3 Å². The molecule has 0 saturated carbocycles. The molecule has 6 heteroatoms. The average Bonchev–Trinajstić information content (AvgIpc) is 2.34. The van der Waals surface area contributed by atoms with Crippen LogP contribution in [0.1, 0.15) is 13.8 Å². The summed E-state index contributed by atoms with van der Waals surface area (Å²) in [5.74, 6) is -1.44. The molecule has 0 spiro atoms. The highest BCUT2D eigenvalue weighted by molar-refractivity contribution is 6.31. The molecule has 1 amide bonds. The molecule has 3 N–H and O–H groups in total. The van der Waals surface area contributed by atoms with Crippen LogP contribution >= 0.6 is 11.6 Å². The maximum atomic E-state index is 12.4. The second-order valence-electron chi connectivity index (χ2n) is 4.85. The fourth-order valence-electron chi connectivity index (χ4n) is 1.51. The Kier molecular flexibility index (Phi) is 4.91. The Bertz CT molecular complexity index is 489. The van der Waals surface area contributed by atoms with E-state index in [1.807, 2.05) is 0 Å². The van der Waals surface area contributed by atoms with Gasteiger partial charge >= 0.3 is 5.97 Å². The largest absolute Gasteiger partial charge is 0.480 e. The standard InChI is InChI=1S/C13H17ClN2O3/c1-13(2,8-15)12(19)16(7-11(17)18)10-5-3-4-9(14)6-10/h3-6H,7-8,15H2,1-2H3,(H,17,18). The third-order valence-electron chi connectivity index (χ3n) is 2.75. The topological polar surface area (TPSA) is 83.6 Å². The highest BCUT2D eigenvalue weighted by Gasteiger charge is 2.32. The van der Waals surface area contributed by atoms with Gasteiger partial charge in [-0.05, 0) is 32.0 Å². The Morgan fingerprint density at radius 1 is 1.42 bits per heavy atom. The van der Waals surface area contributed by atoms with Crippen LogP contribution in [0.15, 0.2) is 24.3 Å². The first-order valence-electron chi connectivity index (χ1n) is 5.77. The van der Waals surface area contributed by atoms with Crippen molar-refractivity contribution >= 4 is 29.2 Å². The molecule has 1 rings (SSSR count). The van der Waals surface area contributed by atoms with Gasteiger partial charge in [0.2, 0.25) is 5.91 Å². The number of carbonyl (C=O) groups excluding carboxylic acids is 1. The summed E-state index contributed by atoms with van der Waals surface area (Å²) in [6, 6.07) is 6.51. The van der Waals surface area contributed by atoms with Crippen molar-refractivity contribution in [1.29, 1.82) is 0 Å². The number of carboxylic acid groups (broad SMARTS) is 1. The van der Waals surface area contributed by atoms with Crippen molar-refractivity contribution in [3.05, 3.63) is 29.3 Å². The van der Waals surface area contributed by atoms with Crippen molar-refractivity contribution in [1.82, 2.24) is 0 Å². The Morgan fingerprint density at radius 2 is 2.05 bits per heavy atom. The minimum atomic E-state index is -1.10. The quantitative estimate of drug-likeness (QED) is 0.863. The Morgan fingerprint density at radius 3 is 2.53 bits per heavy atom. The lowest BCUT2D eigenvalue weighted by molar-refractivity contribution is -0.137. The van der Waals surface area contributed by atoms with E-state index in [2.05, 4.69) is 0 Å². The Labute approximate surface area is 117 Å². The van der Waals surface area contributed by atoms with Crippen molar-refractivity contribution in [3.63, 3.8) is 0 Å². The van der Waals surface area contributed by atoms with Crippen LogP contribution in [0.3, 0.4) is 0 Å². The lowest BCUT2D eigenvalue weighted by Gasteiger charge is -2.30. The zero-order valence-electron chi connectivity index (χ0n) is 10.9. The zero-order chi connectivity index (χ0) is 14.6. The molecule has 0 aliphatic rings. The van der Waals surface area contributed by atoms with Crippen molar-refractivity contribution in [3.8, 4) is 0 Å². The van der Waals surface area contributed by atoms with Crippen LogP contribution in [-0.2, 0) is 9.59 Å². The van der Waals surface area contributed by atoms with E-state index in [-0.39, 0.29) is 12.5 Å². The maximum Gasteiger partial charge on any atom is 0.323 e. The lowest BCUT2D eigenvalue weighted by Crippen LogP contribution is -2.46. The van der Waals surface area contributed by atoms with Crippen LogP contribution in [0.25, 0.3) is 0 Å². The zero-order valence-corrected chi connectivity index (χ0v) is 11.6. The van der Waals surface area contributed by atoms with E-state index < -0.39 is 17.9 Å². The molecule has 1 aromatic carbocycles. The number of nitrogens with two attached hydrogens (primary N) is 1. The molecule has 5 nitrogen and oxygen atoms in total. The van der Waals surface area contributed by atoms with Crippen LogP contribution in [-0.4, -0.2) is 30.1 Å². The van der Waals surface area contributed by atoms with Gasteiger partial charge in [0.1, 0.15) is 6.54 Å². The van der Waals surface area contributed by atoms with Crippen molar-refractivity contribution < 1.29 is 14.7 Å². The molecule has 0 atom stereocenters. The van der Waals surface area contributed by atoms with Gasteiger partial charge in [-0.25, -0.2) is 0 Å². The smallest absolute Gasteiger partial charge is 0.323 e. The predicted molar refractivity (Wildman–Crippen MR) is 74.3 cm³/mol. The summed E-state index contributed by atoms with van der Waals surface area (Å²) < 4.78 is 0.